The Kier molecular flexibility index (Phi) is 13.5. The van der Waals surface area contributed by atoms with E-state index in [0.717, 1.165) is 0 Å². The van der Waals surface area contributed by atoms with E-state index in [-0.39, 0.29) is 57.8 Å². The number of rotatable bonds is 15. The molecular weight excluding hydrogens is 619 g/mol. The number of terminal acetylenes is 1. The van der Waals surface area contributed by atoms with E-state index in [9.17, 15) is 18.0 Å². The van der Waals surface area contributed by atoms with Crippen LogP contribution in [0, 0.1) is 12.3 Å². The minimum atomic E-state index is -4.02. The number of carbonyl (C=O) groups is 2. The van der Waals surface area contributed by atoms with Crippen molar-refractivity contribution >= 4 is 62.9 Å². The van der Waals surface area contributed by atoms with Gasteiger partial charge in [-0.3, -0.25) is 14.6 Å². The largest absolute Gasteiger partial charge is 0.490 e. The summed E-state index contributed by atoms with van der Waals surface area (Å²) in [7, 11) is -2.28. The maximum atomic E-state index is 13.2. The fraction of sp³-hybridized carbons (Fsp3) is 0.370. The molecule has 14 heteroatoms. The van der Waals surface area contributed by atoms with E-state index in [1.807, 2.05) is 0 Å². The van der Waals surface area contributed by atoms with Crippen LogP contribution < -0.4 is 9.47 Å². The smallest absolute Gasteiger partial charge is 0.303 e. The molecule has 2 atom stereocenters. The second kappa shape index (κ2) is 16.3. The van der Waals surface area contributed by atoms with Gasteiger partial charge in [0, 0.05) is 20.9 Å². The normalized spacial score (nSPS) is 12.7. The van der Waals surface area contributed by atoms with Crippen molar-refractivity contribution in [1.29, 1.82) is 0 Å². The first-order valence-corrected chi connectivity index (χ1v) is 14.8. The molecule has 2 rings (SSSR count). The van der Waals surface area contributed by atoms with E-state index in [4.69, 9.17) is 60.2 Å². The number of sulfone groups is 1. The van der Waals surface area contributed by atoms with Crippen molar-refractivity contribution in [3.8, 4) is 23.8 Å². The molecule has 0 aromatic heterocycles. The van der Waals surface area contributed by atoms with Crippen LogP contribution in [0.25, 0.3) is 0 Å². The molecule has 0 saturated heterocycles. The molecule has 2 aromatic rings. The molecule has 0 radical (unpaired) electrons. The zero-order valence-corrected chi connectivity index (χ0v) is 25.6. The second-order valence-corrected chi connectivity index (χ2v) is 11.6. The average Bonchev–Trinajstić information content (AvgIpc) is 2.90. The van der Waals surface area contributed by atoms with Gasteiger partial charge < -0.3 is 23.8 Å². The van der Waals surface area contributed by atoms with Crippen molar-refractivity contribution in [2.75, 3.05) is 39.2 Å². The molecular formula is C27H29Cl3N2O8S. The average molecular weight is 648 g/mol. The predicted molar refractivity (Wildman–Crippen MR) is 156 cm³/mol. The molecule has 0 heterocycles. The Morgan fingerprint density at radius 2 is 1.56 bits per heavy atom. The molecule has 10 nitrogen and oxygen atoms in total. The van der Waals surface area contributed by atoms with Crippen LogP contribution in [0.5, 0.6) is 11.5 Å². The number of esters is 2. The van der Waals surface area contributed by atoms with Gasteiger partial charge in [-0.25, -0.2) is 8.42 Å². The van der Waals surface area contributed by atoms with Gasteiger partial charge in [-0.2, -0.15) is 0 Å². The summed E-state index contributed by atoms with van der Waals surface area (Å²) in [6.45, 7) is 2.90. The molecule has 0 spiro atoms. The third-order valence-electron chi connectivity index (χ3n) is 5.06. The number of ether oxygens (including phenoxy) is 4. The molecule has 0 aliphatic heterocycles. The lowest BCUT2D eigenvalue weighted by atomic mass is 10.3. The topological polar surface area (TPSA) is 121 Å². The van der Waals surface area contributed by atoms with Crippen LogP contribution in [0.3, 0.4) is 0 Å². The SMILES string of the molecule is C#CCN=CN(C)C[C@H](COc1ccc(S(=O)(=O)c2cc(Cl)c(OC[C@@H](CCl)OC(C)=O)c(Cl)c2)cc1)OC(C)=O. The predicted octanol–water partition coefficient (Wildman–Crippen LogP) is 4.28. The van der Waals surface area contributed by atoms with E-state index < -0.39 is 34.0 Å². The monoisotopic (exact) mass is 646 g/mol. The van der Waals surface area contributed by atoms with Crippen LogP contribution in [-0.4, -0.2) is 83.0 Å². The van der Waals surface area contributed by atoms with Gasteiger partial charge in [0.05, 0.1) is 38.6 Å². The molecule has 0 saturated carbocycles. The van der Waals surface area contributed by atoms with E-state index in [1.165, 1.54) is 56.6 Å². The highest BCUT2D eigenvalue weighted by Gasteiger charge is 2.23. The summed E-state index contributed by atoms with van der Waals surface area (Å²) < 4.78 is 48.1. The number of halogens is 3. The van der Waals surface area contributed by atoms with Crippen molar-refractivity contribution in [3.63, 3.8) is 0 Å². The Morgan fingerprint density at radius 1 is 1.00 bits per heavy atom. The lowest BCUT2D eigenvalue weighted by molar-refractivity contribution is -0.148. The molecule has 0 unspecified atom stereocenters. The summed E-state index contributed by atoms with van der Waals surface area (Å²) in [6, 6.07) is 8.07. The Balaban J connectivity index is 2.12. The molecule has 222 valence electrons. The van der Waals surface area contributed by atoms with Gasteiger partial charge in [0.2, 0.25) is 9.84 Å². The zero-order chi connectivity index (χ0) is 30.6. The summed E-state index contributed by atoms with van der Waals surface area (Å²) in [5, 5.41) is -0.115. The Hall–Kier alpha value is -3.17. The van der Waals surface area contributed by atoms with Crippen LogP contribution in [0.2, 0.25) is 10.0 Å². The number of hydrogen-bond acceptors (Lipinski definition) is 9. The summed E-state index contributed by atoms with van der Waals surface area (Å²) >= 11 is 18.3. The maximum absolute atomic E-state index is 13.2. The van der Waals surface area contributed by atoms with Crippen molar-refractivity contribution in [2.24, 2.45) is 4.99 Å². The standard InChI is InChI=1S/C27H29Cl3N2O8S/c1-5-10-31-17-32(4)14-22(40-19(3)34)16-37-20-6-8-23(9-7-20)41(35,36)24-11-25(29)27(26(30)12-24)38-15-21(13-28)39-18(2)33/h1,6-9,11-12,17,21-22H,10,13-16H2,2-4H3/t21-,22-/m1/s1. The van der Waals surface area contributed by atoms with Crippen molar-refractivity contribution in [1.82, 2.24) is 4.90 Å². The van der Waals surface area contributed by atoms with Crippen LogP contribution in [0.1, 0.15) is 13.8 Å². The van der Waals surface area contributed by atoms with Crippen LogP contribution >= 0.6 is 34.8 Å². The number of nitrogens with zero attached hydrogens (tertiary/aromatic N) is 2. The first kappa shape index (κ1) is 34.0. The second-order valence-electron chi connectivity index (χ2n) is 8.53. The first-order chi connectivity index (χ1) is 19.4. The molecule has 0 N–H and O–H groups in total. The zero-order valence-electron chi connectivity index (χ0n) is 22.5. The molecule has 0 aliphatic rings. The van der Waals surface area contributed by atoms with Crippen molar-refractivity contribution in [2.45, 2.75) is 35.8 Å². The van der Waals surface area contributed by atoms with Crippen molar-refractivity contribution in [3.05, 3.63) is 46.4 Å². The van der Waals surface area contributed by atoms with E-state index in [1.54, 1.807) is 11.9 Å². The number of likely N-dealkylation sites (N-methyl/N-ethyl adjacent to an activating group) is 1. The summed E-state index contributed by atoms with van der Waals surface area (Å²) in [5.74, 6) is 1.73. The Morgan fingerprint density at radius 3 is 2.10 bits per heavy atom. The first-order valence-electron chi connectivity index (χ1n) is 12.0. The van der Waals surface area contributed by atoms with Gasteiger partial charge in [-0.05, 0) is 36.4 Å². The lowest BCUT2D eigenvalue weighted by Crippen LogP contribution is -2.35. The summed E-state index contributed by atoms with van der Waals surface area (Å²) in [6.07, 6.45) is 5.34. The molecule has 0 fully saturated rings. The summed E-state index contributed by atoms with van der Waals surface area (Å²) in [5.41, 5.74) is 0. The lowest BCUT2D eigenvalue weighted by Gasteiger charge is -2.22. The minimum absolute atomic E-state index is 0.00764. The number of aliphatic imine (C=N–C) groups is 1. The Labute approximate surface area is 254 Å². The van der Waals surface area contributed by atoms with Crippen LogP contribution in [0.4, 0.5) is 0 Å². The maximum Gasteiger partial charge on any atom is 0.303 e. The highest BCUT2D eigenvalue weighted by Crippen LogP contribution is 2.37. The molecule has 41 heavy (non-hydrogen) atoms. The molecule has 0 amide bonds. The fourth-order valence-corrected chi connectivity index (χ4v) is 5.54. The third-order valence-corrected chi connectivity index (χ3v) is 7.71. The van der Waals surface area contributed by atoms with Crippen molar-refractivity contribution < 1.29 is 37.0 Å². The number of carbonyl (C=O) groups excluding carboxylic acids is 2. The minimum Gasteiger partial charge on any atom is -0.490 e. The van der Waals surface area contributed by atoms with Gasteiger partial charge in [0.1, 0.15) is 31.6 Å². The van der Waals surface area contributed by atoms with E-state index in [2.05, 4.69) is 10.9 Å². The highest BCUT2D eigenvalue weighted by atomic mass is 35.5. The van der Waals surface area contributed by atoms with E-state index >= 15 is 0 Å². The number of benzene rings is 2. The van der Waals surface area contributed by atoms with Crippen LogP contribution in [-0.2, 0) is 28.9 Å². The van der Waals surface area contributed by atoms with Gasteiger partial charge in [0.25, 0.3) is 0 Å². The molecule has 0 bridgehead atoms. The van der Waals surface area contributed by atoms with Gasteiger partial charge in [0.15, 0.2) is 11.9 Å². The van der Waals surface area contributed by atoms with Gasteiger partial charge in [-0.15, -0.1) is 18.0 Å². The van der Waals surface area contributed by atoms with Gasteiger partial charge >= 0.3 is 11.9 Å². The number of hydrogen-bond donors (Lipinski definition) is 0. The Bertz CT molecular complexity index is 1350. The van der Waals surface area contributed by atoms with E-state index in [0.29, 0.717) is 5.75 Å². The third kappa shape index (κ3) is 11.0. The van der Waals surface area contributed by atoms with Gasteiger partial charge in [-0.1, -0.05) is 29.1 Å². The summed E-state index contributed by atoms with van der Waals surface area (Å²) in [4.78, 5) is 28.2. The quantitative estimate of drug-likeness (QED) is 0.0917. The molecule has 0 aliphatic carbocycles. The fourth-order valence-electron chi connectivity index (χ4n) is 3.35. The van der Waals surface area contributed by atoms with Crippen LogP contribution in [0.15, 0.2) is 51.2 Å². The highest BCUT2D eigenvalue weighted by molar-refractivity contribution is 7.91. The number of alkyl halides is 1. The molecule has 2 aromatic carbocycles.